The van der Waals surface area contributed by atoms with Crippen molar-refractivity contribution < 1.29 is 4.39 Å². The highest BCUT2D eigenvalue weighted by molar-refractivity contribution is 7.98. The molecule has 1 atom stereocenters. The standard InChI is InChI=1S/C11H14FNS/c1-14-11-8(4-2-5-9(11)12)10-6-3-7-13-10/h2,4-5,10,13H,3,6-7H2,1H3/t10-/m1/s1. The van der Waals surface area contributed by atoms with Crippen LogP contribution in [0.3, 0.4) is 0 Å². The molecule has 2 rings (SSSR count). The third-order valence-corrected chi connectivity index (χ3v) is 3.48. The Hall–Kier alpha value is -0.540. The Labute approximate surface area is 88.1 Å². The quantitative estimate of drug-likeness (QED) is 0.755. The first-order valence-electron chi connectivity index (χ1n) is 4.88. The number of hydrogen-bond donors (Lipinski definition) is 1. The molecule has 1 fully saturated rings. The lowest BCUT2D eigenvalue weighted by Gasteiger charge is -2.14. The van der Waals surface area contributed by atoms with Crippen molar-refractivity contribution in [2.45, 2.75) is 23.8 Å². The summed E-state index contributed by atoms with van der Waals surface area (Å²) in [5.41, 5.74) is 1.12. The van der Waals surface area contributed by atoms with Crippen LogP contribution in [-0.2, 0) is 0 Å². The molecule has 3 heteroatoms. The summed E-state index contributed by atoms with van der Waals surface area (Å²) < 4.78 is 13.5. The first-order chi connectivity index (χ1) is 6.83. The molecule has 0 aromatic heterocycles. The summed E-state index contributed by atoms with van der Waals surface area (Å²) in [6.45, 7) is 1.05. The van der Waals surface area contributed by atoms with E-state index in [1.165, 1.54) is 24.2 Å². The van der Waals surface area contributed by atoms with Crippen LogP contribution in [0, 0.1) is 5.82 Å². The van der Waals surface area contributed by atoms with Crippen LogP contribution >= 0.6 is 11.8 Å². The molecule has 1 N–H and O–H groups in total. The predicted octanol–water partition coefficient (Wildman–Crippen LogP) is 2.97. The van der Waals surface area contributed by atoms with Crippen LogP contribution in [0.25, 0.3) is 0 Å². The maximum absolute atomic E-state index is 13.5. The Morgan fingerprint density at radius 2 is 2.36 bits per heavy atom. The van der Waals surface area contributed by atoms with Crippen molar-refractivity contribution in [2.24, 2.45) is 0 Å². The van der Waals surface area contributed by atoms with Crippen molar-refractivity contribution in [1.82, 2.24) is 5.32 Å². The molecule has 0 saturated carbocycles. The molecule has 1 saturated heterocycles. The van der Waals surface area contributed by atoms with Gasteiger partial charge < -0.3 is 5.32 Å². The van der Waals surface area contributed by atoms with Crippen LogP contribution < -0.4 is 5.32 Å². The first kappa shape index (κ1) is 9.99. The van der Waals surface area contributed by atoms with Gasteiger partial charge in [-0.2, -0.15) is 0 Å². The van der Waals surface area contributed by atoms with E-state index in [4.69, 9.17) is 0 Å². The van der Waals surface area contributed by atoms with E-state index in [0.29, 0.717) is 6.04 Å². The van der Waals surface area contributed by atoms with Crippen LogP contribution in [0.5, 0.6) is 0 Å². The van der Waals surface area contributed by atoms with Crippen LogP contribution in [-0.4, -0.2) is 12.8 Å². The molecular weight excluding hydrogens is 197 g/mol. The Kier molecular flexibility index (Phi) is 3.08. The van der Waals surface area contributed by atoms with Gasteiger partial charge in [-0.3, -0.25) is 0 Å². The molecule has 14 heavy (non-hydrogen) atoms. The largest absolute Gasteiger partial charge is 0.310 e. The van der Waals surface area contributed by atoms with Gasteiger partial charge >= 0.3 is 0 Å². The SMILES string of the molecule is CSc1c(F)cccc1[C@H]1CCCN1. The number of hydrogen-bond acceptors (Lipinski definition) is 2. The topological polar surface area (TPSA) is 12.0 Å². The third kappa shape index (κ3) is 1.79. The predicted molar refractivity (Wildman–Crippen MR) is 58.2 cm³/mol. The highest BCUT2D eigenvalue weighted by Crippen LogP contribution is 2.32. The van der Waals surface area contributed by atoms with Crippen molar-refractivity contribution in [3.05, 3.63) is 29.6 Å². The maximum atomic E-state index is 13.5. The Morgan fingerprint density at radius 1 is 1.50 bits per heavy atom. The minimum Gasteiger partial charge on any atom is -0.310 e. The van der Waals surface area contributed by atoms with E-state index in [1.54, 1.807) is 6.07 Å². The third-order valence-electron chi connectivity index (χ3n) is 2.64. The van der Waals surface area contributed by atoms with E-state index in [-0.39, 0.29) is 5.82 Å². The summed E-state index contributed by atoms with van der Waals surface area (Å²) in [5.74, 6) is -0.0938. The average Bonchev–Trinajstić information content (AvgIpc) is 2.70. The molecule has 0 aliphatic carbocycles. The summed E-state index contributed by atoms with van der Waals surface area (Å²) >= 11 is 1.49. The van der Waals surface area contributed by atoms with Crippen LogP contribution in [0.1, 0.15) is 24.4 Å². The second kappa shape index (κ2) is 4.32. The molecule has 1 aliphatic heterocycles. The summed E-state index contributed by atoms with van der Waals surface area (Å²) in [6.07, 6.45) is 4.24. The summed E-state index contributed by atoms with van der Waals surface area (Å²) in [6, 6.07) is 5.71. The van der Waals surface area contributed by atoms with Crippen LogP contribution in [0.15, 0.2) is 23.1 Å². The zero-order valence-corrected chi connectivity index (χ0v) is 9.03. The summed E-state index contributed by atoms with van der Waals surface area (Å²) in [5, 5.41) is 3.39. The highest BCUT2D eigenvalue weighted by atomic mass is 32.2. The molecule has 0 unspecified atom stereocenters. The Balaban J connectivity index is 2.35. The van der Waals surface area contributed by atoms with Crippen LogP contribution in [0.2, 0.25) is 0 Å². The van der Waals surface area contributed by atoms with Gasteiger partial charge in [-0.15, -0.1) is 11.8 Å². The summed E-state index contributed by atoms with van der Waals surface area (Å²) in [7, 11) is 0. The smallest absolute Gasteiger partial charge is 0.137 e. The lowest BCUT2D eigenvalue weighted by Crippen LogP contribution is -2.14. The molecular formula is C11H14FNS. The normalized spacial score (nSPS) is 21.4. The van der Waals surface area contributed by atoms with E-state index in [9.17, 15) is 4.39 Å². The van der Waals surface area contributed by atoms with Crippen molar-refractivity contribution in [3.63, 3.8) is 0 Å². The molecule has 0 spiro atoms. The second-order valence-corrected chi connectivity index (χ2v) is 4.33. The van der Waals surface area contributed by atoms with Crippen molar-refractivity contribution in [3.8, 4) is 0 Å². The lowest BCUT2D eigenvalue weighted by molar-refractivity contribution is 0.574. The van der Waals surface area contributed by atoms with Gasteiger partial charge in [0.15, 0.2) is 0 Å². The van der Waals surface area contributed by atoms with E-state index < -0.39 is 0 Å². The van der Waals surface area contributed by atoms with Gasteiger partial charge in [0, 0.05) is 10.9 Å². The zero-order valence-electron chi connectivity index (χ0n) is 8.22. The molecule has 1 aromatic carbocycles. The number of rotatable bonds is 2. The number of benzene rings is 1. The second-order valence-electron chi connectivity index (χ2n) is 3.51. The molecule has 76 valence electrons. The lowest BCUT2D eigenvalue weighted by atomic mass is 10.1. The molecule has 1 aromatic rings. The fraction of sp³-hybridized carbons (Fsp3) is 0.455. The van der Waals surface area contributed by atoms with Gasteiger partial charge in [0.1, 0.15) is 5.82 Å². The first-order valence-corrected chi connectivity index (χ1v) is 6.11. The molecule has 0 radical (unpaired) electrons. The molecule has 0 bridgehead atoms. The van der Waals surface area contributed by atoms with E-state index >= 15 is 0 Å². The monoisotopic (exact) mass is 211 g/mol. The number of thioether (sulfide) groups is 1. The van der Waals surface area contributed by atoms with E-state index in [1.807, 2.05) is 12.3 Å². The minimum absolute atomic E-state index is 0.0938. The fourth-order valence-electron chi connectivity index (χ4n) is 1.97. The van der Waals surface area contributed by atoms with Crippen molar-refractivity contribution >= 4 is 11.8 Å². The molecule has 0 amide bonds. The van der Waals surface area contributed by atoms with Gasteiger partial charge in [-0.1, -0.05) is 12.1 Å². The average molecular weight is 211 g/mol. The minimum atomic E-state index is -0.0938. The maximum Gasteiger partial charge on any atom is 0.137 e. The van der Waals surface area contributed by atoms with E-state index in [0.717, 1.165) is 23.4 Å². The summed E-state index contributed by atoms with van der Waals surface area (Å²) in [4.78, 5) is 0.798. The van der Waals surface area contributed by atoms with Gasteiger partial charge in [-0.25, -0.2) is 4.39 Å². The Bertz CT molecular complexity index is 321. The molecule has 1 heterocycles. The van der Waals surface area contributed by atoms with Gasteiger partial charge in [0.25, 0.3) is 0 Å². The number of halogens is 1. The Morgan fingerprint density at radius 3 is 3.00 bits per heavy atom. The molecule has 1 aliphatic rings. The molecule has 1 nitrogen and oxygen atoms in total. The van der Waals surface area contributed by atoms with E-state index in [2.05, 4.69) is 5.32 Å². The number of nitrogens with one attached hydrogen (secondary N) is 1. The fourth-order valence-corrected chi connectivity index (χ4v) is 2.67. The van der Waals surface area contributed by atoms with Crippen LogP contribution in [0.4, 0.5) is 4.39 Å². The van der Waals surface area contributed by atoms with Crippen molar-refractivity contribution in [1.29, 1.82) is 0 Å². The van der Waals surface area contributed by atoms with Gasteiger partial charge in [-0.05, 0) is 37.3 Å². The van der Waals surface area contributed by atoms with Gasteiger partial charge in [0.2, 0.25) is 0 Å². The highest BCUT2D eigenvalue weighted by Gasteiger charge is 2.20. The zero-order chi connectivity index (χ0) is 9.97. The van der Waals surface area contributed by atoms with Gasteiger partial charge in [0.05, 0.1) is 0 Å². The van der Waals surface area contributed by atoms with Crippen molar-refractivity contribution in [2.75, 3.05) is 12.8 Å².